The molecule has 1 aliphatic rings. The predicted molar refractivity (Wildman–Crippen MR) is 195 cm³/mol. The van der Waals surface area contributed by atoms with Gasteiger partial charge >= 0.3 is 0 Å². The van der Waals surface area contributed by atoms with Gasteiger partial charge in [0.1, 0.15) is 0 Å². The molecule has 1 aliphatic carbocycles. The number of carbonyl (C=O) groups excluding carboxylic acids is 1. The molecule has 3 heterocycles. The summed E-state index contributed by atoms with van der Waals surface area (Å²) in [6, 6.07) is 18.9. The number of hydrogen-bond acceptors (Lipinski definition) is 5. The third kappa shape index (κ3) is 7.77. The van der Waals surface area contributed by atoms with Crippen LogP contribution in [0, 0.1) is 17.9 Å². The Morgan fingerprint density at radius 1 is 0.957 bits per heavy atom. The summed E-state index contributed by atoms with van der Waals surface area (Å²) in [5, 5.41) is 13.5. The molecular weight excluding hydrogens is 777 g/mol. The molecular formula is C41H47IrN2O2S-. The van der Waals surface area contributed by atoms with E-state index in [-0.39, 0.29) is 48.9 Å². The van der Waals surface area contributed by atoms with E-state index in [1.54, 1.807) is 0 Å². The molecule has 0 unspecified atom stereocenters. The topological polar surface area (TPSA) is 63.1 Å². The third-order valence-electron chi connectivity index (χ3n) is 9.43. The van der Waals surface area contributed by atoms with Crippen LogP contribution in [0.15, 0.2) is 72.9 Å². The minimum atomic E-state index is 0. The normalized spacial score (nSPS) is 12.8. The maximum absolute atomic E-state index is 11.7. The molecule has 2 aromatic carbocycles. The number of hydrogen-bond donors (Lipinski definition) is 1. The fraction of sp³-hybridized carbons (Fsp3) is 0.390. The second-order valence-corrected chi connectivity index (χ2v) is 14.4. The molecule has 6 heteroatoms. The number of thiophene rings is 1. The average Bonchev–Trinajstić information content (AvgIpc) is 3.45. The van der Waals surface area contributed by atoms with Crippen molar-refractivity contribution in [3.05, 3.63) is 95.6 Å². The van der Waals surface area contributed by atoms with E-state index < -0.39 is 0 Å². The summed E-state index contributed by atoms with van der Waals surface area (Å²) < 4.78 is 1.26. The fourth-order valence-corrected chi connectivity index (χ4v) is 7.99. The number of ketones is 1. The number of aromatic nitrogens is 2. The van der Waals surface area contributed by atoms with Crippen LogP contribution in [0.5, 0.6) is 0 Å². The average molecular weight is 824 g/mol. The van der Waals surface area contributed by atoms with Crippen LogP contribution >= 0.6 is 11.3 Å². The van der Waals surface area contributed by atoms with Gasteiger partial charge in [0.15, 0.2) is 5.78 Å². The van der Waals surface area contributed by atoms with E-state index in [1.165, 1.54) is 48.7 Å². The van der Waals surface area contributed by atoms with E-state index in [0.29, 0.717) is 0 Å². The van der Waals surface area contributed by atoms with E-state index in [1.807, 2.05) is 57.6 Å². The van der Waals surface area contributed by atoms with Crippen LogP contribution < -0.4 is 0 Å². The molecule has 0 saturated heterocycles. The molecule has 6 rings (SSSR count). The number of rotatable bonds is 8. The number of nitrogens with zero attached hydrogens (tertiary/aromatic N) is 2. The van der Waals surface area contributed by atoms with Crippen LogP contribution in [0.1, 0.15) is 90.8 Å². The standard InChI is InChI=1S/C28H23N2S.C13H24O2.Ir/c1-28(2,3)24-15-19(14-18-6-4-5-7-20(18)24)25-27-22(11-13-30-25)21-9-8-17-10-12-29-16-23(17)26(21)31-27;1-5-10(6-2)12(14)9-13(15)11(7-3)8-4;/h4-7,10-13,15-16H,8-9H2,1-3H3;9-11,14H,5-8H2,1-4H3;/q-1;;/b;12-9-;. The monoisotopic (exact) mass is 824 g/mol. The molecule has 3 aromatic heterocycles. The Bertz CT molecular complexity index is 1880. The molecule has 249 valence electrons. The minimum absolute atomic E-state index is 0. The van der Waals surface area contributed by atoms with E-state index in [4.69, 9.17) is 4.98 Å². The number of benzene rings is 2. The van der Waals surface area contributed by atoms with Gasteiger partial charge in [-0.05, 0) is 72.6 Å². The zero-order chi connectivity index (χ0) is 33.0. The quantitative estimate of drug-likeness (QED) is 0.0962. The van der Waals surface area contributed by atoms with Crippen LogP contribution in [-0.4, -0.2) is 20.9 Å². The summed E-state index contributed by atoms with van der Waals surface area (Å²) >= 11 is 1.86. The van der Waals surface area contributed by atoms with Gasteiger partial charge < -0.3 is 5.11 Å². The Hall–Kier alpha value is -3.18. The molecule has 0 amide bonds. The summed E-state index contributed by atoms with van der Waals surface area (Å²) in [6.07, 6.45) is 12.9. The largest absolute Gasteiger partial charge is 0.512 e. The van der Waals surface area contributed by atoms with Crippen LogP contribution in [0.4, 0.5) is 0 Å². The number of allylic oxidation sites excluding steroid dienone is 2. The molecule has 0 aliphatic heterocycles. The van der Waals surface area contributed by atoms with Crippen LogP contribution in [0.25, 0.3) is 42.6 Å². The van der Waals surface area contributed by atoms with Gasteiger partial charge in [-0.1, -0.05) is 77.6 Å². The summed E-state index contributed by atoms with van der Waals surface area (Å²) in [6.45, 7) is 14.9. The van der Waals surface area contributed by atoms with Crippen molar-refractivity contribution in [2.24, 2.45) is 11.8 Å². The van der Waals surface area contributed by atoms with Gasteiger partial charge in [0.25, 0.3) is 0 Å². The van der Waals surface area contributed by atoms with Gasteiger partial charge in [0.05, 0.1) is 5.76 Å². The summed E-state index contributed by atoms with van der Waals surface area (Å²) in [7, 11) is 0. The number of fused-ring (bicyclic) bond motifs is 6. The number of pyridine rings is 2. The van der Waals surface area contributed by atoms with Crippen LogP contribution in [0.3, 0.4) is 0 Å². The molecule has 4 nitrogen and oxygen atoms in total. The molecule has 0 saturated carbocycles. The van der Waals surface area contributed by atoms with Crippen molar-refractivity contribution in [3.8, 4) is 21.7 Å². The number of aliphatic hydroxyl groups is 1. The molecule has 1 radical (unpaired) electrons. The maximum Gasteiger partial charge on any atom is 0.162 e. The van der Waals surface area contributed by atoms with E-state index in [9.17, 15) is 9.90 Å². The minimum Gasteiger partial charge on any atom is -0.512 e. The zero-order valence-electron chi connectivity index (χ0n) is 28.7. The van der Waals surface area contributed by atoms with Crippen LogP contribution in [0.2, 0.25) is 0 Å². The molecule has 5 aromatic rings. The first kappa shape index (κ1) is 36.7. The van der Waals surface area contributed by atoms with Gasteiger partial charge in [-0.3, -0.25) is 14.8 Å². The van der Waals surface area contributed by atoms with E-state index >= 15 is 0 Å². The number of aryl methyl sites for hydroxylation is 2. The smallest absolute Gasteiger partial charge is 0.162 e. The number of aliphatic hydroxyl groups excluding tert-OH is 1. The summed E-state index contributed by atoms with van der Waals surface area (Å²) in [5.41, 5.74) is 7.63. The molecule has 0 bridgehead atoms. The first-order valence-electron chi connectivity index (χ1n) is 16.8. The van der Waals surface area contributed by atoms with Crippen molar-refractivity contribution in [1.82, 2.24) is 9.97 Å². The van der Waals surface area contributed by atoms with Gasteiger partial charge in [0, 0.05) is 77.4 Å². The third-order valence-corrected chi connectivity index (χ3v) is 10.7. The Morgan fingerprint density at radius 2 is 1.66 bits per heavy atom. The second-order valence-electron chi connectivity index (χ2n) is 13.4. The maximum atomic E-state index is 11.7. The van der Waals surface area contributed by atoms with Gasteiger partial charge in [-0.25, -0.2) is 0 Å². The zero-order valence-corrected chi connectivity index (χ0v) is 32.0. The Kier molecular flexibility index (Phi) is 12.3. The molecule has 0 atom stereocenters. The van der Waals surface area contributed by atoms with Crippen molar-refractivity contribution < 1.29 is 30.0 Å². The van der Waals surface area contributed by atoms with E-state index in [2.05, 4.69) is 74.3 Å². The molecule has 0 spiro atoms. The second kappa shape index (κ2) is 15.8. The summed E-state index contributed by atoms with van der Waals surface area (Å²) in [4.78, 5) is 22.3. The van der Waals surface area contributed by atoms with Gasteiger partial charge in [0.2, 0.25) is 0 Å². The van der Waals surface area contributed by atoms with Crippen molar-refractivity contribution in [1.29, 1.82) is 0 Å². The van der Waals surface area contributed by atoms with Crippen molar-refractivity contribution >= 4 is 38.0 Å². The molecule has 1 N–H and O–H groups in total. The van der Waals surface area contributed by atoms with Crippen LogP contribution in [-0.2, 0) is 43.2 Å². The SMILES string of the molecule is CC(C)(C)c1cc(-c2nccc3c4c(sc23)-c2cnccc2CC4)[c-]c2ccccc12.CCC(CC)C(=O)/C=C(\O)C(CC)CC.[Ir]. The van der Waals surface area contributed by atoms with Gasteiger partial charge in [-0.2, -0.15) is 0 Å². The molecule has 47 heavy (non-hydrogen) atoms. The van der Waals surface area contributed by atoms with Gasteiger partial charge in [-0.15, -0.1) is 40.5 Å². The molecule has 0 fully saturated rings. The first-order valence-corrected chi connectivity index (χ1v) is 17.7. The van der Waals surface area contributed by atoms with E-state index in [0.717, 1.165) is 55.2 Å². The fourth-order valence-electron chi connectivity index (χ4n) is 6.60. The Labute approximate surface area is 298 Å². The number of carbonyl (C=O) groups is 1. The van der Waals surface area contributed by atoms with Crippen molar-refractivity contribution in [2.75, 3.05) is 0 Å². The summed E-state index contributed by atoms with van der Waals surface area (Å²) in [5.74, 6) is 0.547. The predicted octanol–water partition coefficient (Wildman–Crippen LogP) is 11.2. The Balaban J connectivity index is 0.000000269. The Morgan fingerprint density at radius 3 is 2.34 bits per heavy atom. The van der Waals surface area contributed by atoms with Crippen molar-refractivity contribution in [3.63, 3.8) is 0 Å². The van der Waals surface area contributed by atoms with Crippen molar-refractivity contribution in [2.45, 2.75) is 92.4 Å². The first-order chi connectivity index (χ1) is 22.1.